The van der Waals surface area contributed by atoms with E-state index < -0.39 is 0 Å². The molecule has 0 aliphatic carbocycles. The van der Waals surface area contributed by atoms with Gasteiger partial charge in [-0.15, -0.1) is 0 Å². The van der Waals surface area contributed by atoms with Crippen LogP contribution < -0.4 is 0 Å². The van der Waals surface area contributed by atoms with Crippen molar-refractivity contribution in [1.29, 1.82) is 0 Å². The van der Waals surface area contributed by atoms with Crippen molar-refractivity contribution >= 4 is 12.6 Å². The number of phenols is 2. The molecule has 0 heterocycles. The minimum atomic E-state index is 0. The first-order chi connectivity index (χ1) is 13.7. The molecule has 0 amide bonds. The van der Waals surface area contributed by atoms with Crippen LogP contribution in [0.4, 0.5) is 0 Å². The number of carbonyl (C=O) groups is 2. The molecule has 29 heavy (non-hydrogen) atoms. The van der Waals surface area contributed by atoms with Crippen LogP contribution in [0.25, 0.3) is 0 Å². The molecule has 4 rings (SSSR count). The fourth-order valence-corrected chi connectivity index (χ4v) is 1.75. The van der Waals surface area contributed by atoms with Gasteiger partial charge in [0.05, 0.1) is 0 Å². The minimum Gasteiger partial charge on any atom is -0.508 e. The number of aldehydes is 2. The van der Waals surface area contributed by atoms with Gasteiger partial charge in [0.1, 0.15) is 24.1 Å². The summed E-state index contributed by atoms with van der Waals surface area (Å²) in [6, 6.07) is 32.1. The maximum atomic E-state index is 10.0. The first-order valence-electron chi connectivity index (χ1n) is 8.47. The molecule has 146 valence electrons. The molecule has 0 radical (unpaired) electrons. The average Bonchev–Trinajstić information content (AvgIpc) is 3.48. The first-order valence-corrected chi connectivity index (χ1v) is 8.47. The summed E-state index contributed by atoms with van der Waals surface area (Å²) in [5.41, 5.74) is 1.15. The van der Waals surface area contributed by atoms with Gasteiger partial charge < -0.3 is 10.2 Å². The first kappa shape index (κ1) is 26.0. The van der Waals surface area contributed by atoms with Crippen molar-refractivity contribution in [1.82, 2.24) is 0 Å². The number of phenolic OH excluding ortho intramolecular Hbond substituents is 2. The third kappa shape index (κ3) is 13.7. The van der Waals surface area contributed by atoms with E-state index in [1.54, 1.807) is 24.3 Å². The minimum absolute atomic E-state index is 0. The second kappa shape index (κ2) is 17.1. The van der Waals surface area contributed by atoms with Crippen molar-refractivity contribution < 1.29 is 46.0 Å². The second-order valence-electron chi connectivity index (χ2n) is 5.34. The topological polar surface area (TPSA) is 74.6 Å². The normalized spacial score (nSPS) is 8.28. The molecule has 0 atom stereocenters. The molecular formula is C24H22O4Zr. The predicted octanol–water partition coefficient (Wildman–Crippen LogP) is 5.22. The van der Waals surface area contributed by atoms with Gasteiger partial charge in [-0.2, -0.15) is 36.4 Å². The summed E-state index contributed by atoms with van der Waals surface area (Å²) < 4.78 is 0. The van der Waals surface area contributed by atoms with Crippen LogP contribution in [-0.4, -0.2) is 22.8 Å². The van der Waals surface area contributed by atoms with Gasteiger partial charge >= 0.3 is 26.2 Å². The molecule has 0 aliphatic rings. The summed E-state index contributed by atoms with van der Waals surface area (Å²) in [6.45, 7) is 0. The van der Waals surface area contributed by atoms with E-state index in [1.807, 2.05) is 60.7 Å². The van der Waals surface area contributed by atoms with Gasteiger partial charge in [-0.1, -0.05) is 0 Å². The van der Waals surface area contributed by atoms with Crippen molar-refractivity contribution in [3.63, 3.8) is 0 Å². The van der Waals surface area contributed by atoms with Gasteiger partial charge in [0.25, 0.3) is 0 Å². The smallest absolute Gasteiger partial charge is 0.508 e. The van der Waals surface area contributed by atoms with E-state index in [9.17, 15) is 9.59 Å². The summed E-state index contributed by atoms with van der Waals surface area (Å²) in [5.74, 6) is 0.362. The Hall–Kier alpha value is -3.04. The van der Waals surface area contributed by atoms with Crippen molar-refractivity contribution in [2.75, 3.05) is 0 Å². The van der Waals surface area contributed by atoms with E-state index in [2.05, 4.69) is 0 Å². The summed E-state index contributed by atoms with van der Waals surface area (Å²) in [6.07, 6.45) is 1.47. The molecule has 0 spiro atoms. The zero-order valence-corrected chi connectivity index (χ0v) is 18.2. The van der Waals surface area contributed by atoms with E-state index in [1.165, 1.54) is 24.3 Å². The summed E-state index contributed by atoms with van der Waals surface area (Å²) in [5, 5.41) is 17.5. The van der Waals surface area contributed by atoms with Crippen molar-refractivity contribution in [3.8, 4) is 11.5 Å². The largest absolute Gasteiger partial charge is 2.00 e. The average molecular weight is 466 g/mol. The molecule has 4 aromatic rings. The molecule has 0 bridgehead atoms. The number of benzene rings is 2. The molecule has 5 heteroatoms. The van der Waals surface area contributed by atoms with Crippen molar-refractivity contribution in [2.45, 2.75) is 0 Å². The Morgan fingerprint density at radius 2 is 0.828 bits per heavy atom. The summed E-state index contributed by atoms with van der Waals surface area (Å²) in [4.78, 5) is 20.1. The van der Waals surface area contributed by atoms with Gasteiger partial charge in [0.2, 0.25) is 0 Å². The number of aromatic hydroxyl groups is 2. The second-order valence-corrected chi connectivity index (χ2v) is 5.34. The fourth-order valence-electron chi connectivity index (χ4n) is 1.75. The maximum Gasteiger partial charge on any atom is 2.00 e. The van der Waals surface area contributed by atoms with Crippen LogP contribution >= 0.6 is 0 Å². The molecule has 0 saturated heterocycles. The van der Waals surface area contributed by atoms with Crippen LogP contribution in [0.1, 0.15) is 20.7 Å². The number of hydrogen-bond donors (Lipinski definition) is 2. The zero-order chi connectivity index (χ0) is 20.5. The van der Waals surface area contributed by atoms with Crippen LogP contribution in [0.2, 0.25) is 0 Å². The standard InChI is InChI=1S/2C7H6O2.2C5H5.Zr/c2*8-5-6-1-3-7(9)4-2-6;2*1-2-4-5-3-1;/h2*1-5,9H;2*1-5H;/q;;2*-1;+2. The molecule has 0 fully saturated rings. The molecule has 4 nitrogen and oxygen atoms in total. The van der Waals surface area contributed by atoms with E-state index in [0.29, 0.717) is 11.1 Å². The van der Waals surface area contributed by atoms with E-state index in [0.717, 1.165) is 12.6 Å². The third-order valence-electron chi connectivity index (χ3n) is 3.17. The Balaban J connectivity index is 0.000000369. The monoisotopic (exact) mass is 464 g/mol. The molecule has 4 aromatic carbocycles. The predicted molar refractivity (Wildman–Crippen MR) is 111 cm³/mol. The Morgan fingerprint density at radius 3 is 1.00 bits per heavy atom. The summed E-state index contributed by atoms with van der Waals surface area (Å²) >= 11 is 0. The Bertz CT molecular complexity index is 740. The number of hydrogen-bond acceptors (Lipinski definition) is 4. The Kier molecular flexibility index (Phi) is 15.3. The zero-order valence-electron chi connectivity index (χ0n) is 15.8. The van der Waals surface area contributed by atoms with E-state index in [-0.39, 0.29) is 37.7 Å². The third-order valence-corrected chi connectivity index (χ3v) is 3.17. The maximum absolute atomic E-state index is 10.0. The quantitative estimate of drug-likeness (QED) is 0.314. The molecular weight excluding hydrogens is 443 g/mol. The van der Waals surface area contributed by atoms with Gasteiger partial charge in [-0.3, -0.25) is 9.59 Å². The number of rotatable bonds is 2. The van der Waals surface area contributed by atoms with Crippen LogP contribution in [0.3, 0.4) is 0 Å². The molecule has 0 aromatic heterocycles. The molecule has 0 saturated carbocycles. The number of carbonyl (C=O) groups excluding carboxylic acids is 2. The van der Waals surface area contributed by atoms with Crippen LogP contribution in [-0.2, 0) is 26.2 Å². The molecule has 0 unspecified atom stereocenters. The SMILES string of the molecule is O=Cc1ccc(O)cc1.O=Cc1ccc(O)cc1.[Zr+2].c1cc[cH-]c1.c1cc[cH-]c1. The Labute approximate surface area is 189 Å². The van der Waals surface area contributed by atoms with Gasteiger partial charge in [-0.25, -0.2) is 24.3 Å². The fraction of sp³-hybridized carbons (Fsp3) is 0. The Morgan fingerprint density at radius 1 is 0.552 bits per heavy atom. The van der Waals surface area contributed by atoms with E-state index in [4.69, 9.17) is 10.2 Å². The van der Waals surface area contributed by atoms with Crippen LogP contribution in [0.15, 0.2) is 109 Å². The van der Waals surface area contributed by atoms with E-state index >= 15 is 0 Å². The van der Waals surface area contributed by atoms with Crippen molar-refractivity contribution in [2.24, 2.45) is 0 Å². The molecule has 2 N–H and O–H groups in total. The van der Waals surface area contributed by atoms with Gasteiger partial charge in [-0.05, 0) is 48.5 Å². The van der Waals surface area contributed by atoms with Crippen LogP contribution in [0.5, 0.6) is 11.5 Å². The van der Waals surface area contributed by atoms with Gasteiger partial charge in [0.15, 0.2) is 0 Å². The van der Waals surface area contributed by atoms with Gasteiger partial charge in [0, 0.05) is 11.1 Å². The molecule has 0 aliphatic heterocycles. The summed E-state index contributed by atoms with van der Waals surface area (Å²) in [7, 11) is 0. The van der Waals surface area contributed by atoms with Crippen molar-refractivity contribution in [3.05, 3.63) is 120 Å². The van der Waals surface area contributed by atoms with Crippen LogP contribution in [0, 0.1) is 0 Å².